The van der Waals surface area contributed by atoms with E-state index in [1.54, 1.807) is 16.8 Å². The molecule has 0 bridgehead atoms. The van der Waals surface area contributed by atoms with Gasteiger partial charge in [0.25, 0.3) is 0 Å². The van der Waals surface area contributed by atoms with Crippen molar-refractivity contribution in [1.29, 1.82) is 0 Å². The minimum Gasteiger partial charge on any atom is -0.481 e. The van der Waals surface area contributed by atoms with Crippen LogP contribution in [-0.2, 0) is 11.2 Å². The van der Waals surface area contributed by atoms with E-state index in [0.29, 0.717) is 19.4 Å². The number of hydrogen-bond donors (Lipinski definition) is 2. The van der Waals surface area contributed by atoms with Gasteiger partial charge in [-0.1, -0.05) is 0 Å². The van der Waals surface area contributed by atoms with Gasteiger partial charge in [0.2, 0.25) is 0 Å². The molecule has 84 valence electrons. The standard InChI is InChI=1S/C10H16N2O2S/c1-7-9(15-6-12-7)3-2-8(4-5-11)10(13)14/h6,8H,2-5,11H2,1H3,(H,13,14). The molecule has 3 N–H and O–H groups in total. The maximum atomic E-state index is 10.9. The molecule has 0 fully saturated rings. The van der Waals surface area contributed by atoms with E-state index in [1.807, 2.05) is 6.92 Å². The second-order valence-corrected chi connectivity index (χ2v) is 4.45. The lowest BCUT2D eigenvalue weighted by Gasteiger charge is -2.09. The highest BCUT2D eigenvalue weighted by Gasteiger charge is 2.16. The molecular formula is C10H16N2O2S. The molecule has 1 atom stereocenters. The van der Waals surface area contributed by atoms with E-state index < -0.39 is 5.97 Å². The number of carboxylic acid groups (broad SMARTS) is 1. The number of nitrogens with two attached hydrogens (primary N) is 1. The fraction of sp³-hybridized carbons (Fsp3) is 0.600. The van der Waals surface area contributed by atoms with Gasteiger partial charge >= 0.3 is 5.97 Å². The van der Waals surface area contributed by atoms with Crippen LogP contribution < -0.4 is 5.73 Å². The number of carbonyl (C=O) groups is 1. The predicted molar refractivity (Wildman–Crippen MR) is 60.0 cm³/mol. The first kappa shape index (κ1) is 12.1. The second-order valence-electron chi connectivity index (χ2n) is 3.51. The summed E-state index contributed by atoms with van der Waals surface area (Å²) in [6.45, 7) is 2.38. The molecule has 1 unspecified atom stereocenters. The van der Waals surface area contributed by atoms with Crippen LogP contribution in [0, 0.1) is 12.8 Å². The SMILES string of the molecule is Cc1ncsc1CCC(CCN)C(=O)O. The highest BCUT2D eigenvalue weighted by Crippen LogP contribution is 2.18. The monoisotopic (exact) mass is 228 g/mol. The van der Waals surface area contributed by atoms with Crippen LogP contribution in [-0.4, -0.2) is 22.6 Å². The third-order valence-corrected chi connectivity index (χ3v) is 3.42. The van der Waals surface area contributed by atoms with E-state index in [9.17, 15) is 4.79 Å². The predicted octanol–water partition coefficient (Wildman–Crippen LogP) is 1.43. The van der Waals surface area contributed by atoms with Crippen molar-refractivity contribution in [3.63, 3.8) is 0 Å². The van der Waals surface area contributed by atoms with Crippen LogP contribution in [0.2, 0.25) is 0 Å². The van der Waals surface area contributed by atoms with E-state index in [-0.39, 0.29) is 5.92 Å². The Labute approximate surface area is 93.1 Å². The molecule has 0 aliphatic carbocycles. The van der Waals surface area contributed by atoms with Crippen LogP contribution in [0.3, 0.4) is 0 Å². The molecule has 1 aromatic heterocycles. The Morgan fingerprint density at radius 2 is 2.40 bits per heavy atom. The summed E-state index contributed by atoms with van der Waals surface area (Å²) in [4.78, 5) is 16.2. The summed E-state index contributed by atoms with van der Waals surface area (Å²) in [6, 6.07) is 0. The van der Waals surface area contributed by atoms with Crippen LogP contribution in [0.4, 0.5) is 0 Å². The van der Waals surface area contributed by atoms with Crippen molar-refractivity contribution >= 4 is 17.3 Å². The number of carboxylic acids is 1. The Kier molecular flexibility index (Phi) is 4.71. The number of aryl methyl sites for hydroxylation is 2. The highest BCUT2D eigenvalue weighted by molar-refractivity contribution is 7.09. The van der Waals surface area contributed by atoms with Gasteiger partial charge in [-0.3, -0.25) is 4.79 Å². The summed E-state index contributed by atoms with van der Waals surface area (Å²) >= 11 is 1.59. The largest absolute Gasteiger partial charge is 0.481 e. The summed E-state index contributed by atoms with van der Waals surface area (Å²) in [7, 11) is 0. The highest BCUT2D eigenvalue weighted by atomic mass is 32.1. The number of rotatable bonds is 6. The zero-order valence-electron chi connectivity index (χ0n) is 8.77. The minimum atomic E-state index is -0.748. The maximum absolute atomic E-state index is 10.9. The molecule has 0 amide bonds. The van der Waals surface area contributed by atoms with Gasteiger partial charge in [-0.15, -0.1) is 11.3 Å². The van der Waals surface area contributed by atoms with Crippen LogP contribution in [0.1, 0.15) is 23.4 Å². The van der Waals surface area contributed by atoms with Crippen LogP contribution >= 0.6 is 11.3 Å². The summed E-state index contributed by atoms with van der Waals surface area (Å²) in [5.74, 6) is -1.07. The van der Waals surface area contributed by atoms with E-state index >= 15 is 0 Å². The van der Waals surface area contributed by atoms with Crippen LogP contribution in [0.25, 0.3) is 0 Å². The van der Waals surface area contributed by atoms with Gasteiger partial charge in [-0.25, -0.2) is 4.98 Å². The molecule has 0 aliphatic rings. The van der Waals surface area contributed by atoms with Crippen LogP contribution in [0.15, 0.2) is 5.51 Å². The van der Waals surface area contributed by atoms with Crippen molar-refractivity contribution < 1.29 is 9.90 Å². The average Bonchev–Trinajstić information content (AvgIpc) is 2.58. The summed E-state index contributed by atoms with van der Waals surface area (Å²) in [5.41, 5.74) is 8.18. The molecule has 1 aromatic rings. The molecule has 4 nitrogen and oxygen atoms in total. The molecule has 1 heterocycles. The lowest BCUT2D eigenvalue weighted by Crippen LogP contribution is -2.18. The molecule has 0 radical (unpaired) electrons. The third kappa shape index (κ3) is 3.60. The number of thiazole rings is 1. The first-order valence-corrected chi connectivity index (χ1v) is 5.85. The Hall–Kier alpha value is -0.940. The lowest BCUT2D eigenvalue weighted by atomic mass is 9.99. The van der Waals surface area contributed by atoms with Crippen molar-refractivity contribution in [3.05, 3.63) is 16.1 Å². The average molecular weight is 228 g/mol. The van der Waals surface area contributed by atoms with Gasteiger partial charge in [0.1, 0.15) is 0 Å². The second kappa shape index (κ2) is 5.82. The molecule has 0 saturated heterocycles. The van der Waals surface area contributed by atoms with E-state index in [1.165, 1.54) is 4.88 Å². The molecule has 15 heavy (non-hydrogen) atoms. The zero-order chi connectivity index (χ0) is 11.3. The summed E-state index contributed by atoms with van der Waals surface area (Å²) < 4.78 is 0. The minimum absolute atomic E-state index is 0.323. The summed E-state index contributed by atoms with van der Waals surface area (Å²) in [5, 5.41) is 8.93. The Morgan fingerprint density at radius 3 is 2.87 bits per heavy atom. The number of hydrogen-bond acceptors (Lipinski definition) is 4. The van der Waals surface area contributed by atoms with E-state index in [0.717, 1.165) is 12.1 Å². The lowest BCUT2D eigenvalue weighted by molar-refractivity contribution is -0.142. The fourth-order valence-electron chi connectivity index (χ4n) is 1.46. The first-order chi connectivity index (χ1) is 7.15. The first-order valence-electron chi connectivity index (χ1n) is 4.97. The van der Waals surface area contributed by atoms with Gasteiger partial charge < -0.3 is 10.8 Å². The van der Waals surface area contributed by atoms with Crippen molar-refractivity contribution in [1.82, 2.24) is 4.98 Å². The Bertz CT molecular complexity index is 325. The van der Waals surface area contributed by atoms with Gasteiger partial charge in [0.05, 0.1) is 17.1 Å². The molecule has 0 spiro atoms. The van der Waals surface area contributed by atoms with E-state index in [2.05, 4.69) is 4.98 Å². The molecular weight excluding hydrogens is 212 g/mol. The van der Waals surface area contributed by atoms with Crippen molar-refractivity contribution in [2.24, 2.45) is 11.7 Å². The molecule has 0 aliphatic heterocycles. The summed E-state index contributed by atoms with van der Waals surface area (Å²) in [6.07, 6.45) is 1.98. The van der Waals surface area contributed by atoms with Gasteiger partial charge in [-0.2, -0.15) is 0 Å². The molecule has 0 saturated carbocycles. The normalized spacial score (nSPS) is 12.7. The Morgan fingerprint density at radius 1 is 1.67 bits per heavy atom. The molecule has 1 rings (SSSR count). The maximum Gasteiger partial charge on any atom is 0.306 e. The zero-order valence-corrected chi connectivity index (χ0v) is 9.59. The Balaban J connectivity index is 2.47. The van der Waals surface area contributed by atoms with E-state index in [4.69, 9.17) is 10.8 Å². The van der Waals surface area contributed by atoms with Crippen LogP contribution in [0.5, 0.6) is 0 Å². The van der Waals surface area contributed by atoms with Crippen molar-refractivity contribution in [2.45, 2.75) is 26.2 Å². The topological polar surface area (TPSA) is 76.2 Å². The molecule has 0 aromatic carbocycles. The van der Waals surface area contributed by atoms with Crippen molar-refractivity contribution in [3.8, 4) is 0 Å². The van der Waals surface area contributed by atoms with Gasteiger partial charge in [-0.05, 0) is 32.7 Å². The molecule has 5 heteroatoms. The number of nitrogens with zero attached hydrogens (tertiary/aromatic N) is 1. The number of aliphatic carboxylic acids is 1. The fourth-order valence-corrected chi connectivity index (χ4v) is 2.26. The van der Waals surface area contributed by atoms with Gasteiger partial charge in [0.15, 0.2) is 0 Å². The van der Waals surface area contributed by atoms with Crippen molar-refractivity contribution in [2.75, 3.05) is 6.54 Å². The van der Waals surface area contributed by atoms with Gasteiger partial charge in [0, 0.05) is 4.88 Å². The third-order valence-electron chi connectivity index (χ3n) is 2.43. The number of aromatic nitrogens is 1. The smallest absolute Gasteiger partial charge is 0.306 e. The quantitative estimate of drug-likeness (QED) is 0.772.